The molecular formula is C30H46O2. The molecule has 178 valence electrons. The number of allylic oxidation sites excluding steroid dienone is 2. The molecule has 0 fully saturated rings. The zero-order valence-corrected chi connectivity index (χ0v) is 23.1. The topological polar surface area (TPSA) is 26.3 Å². The van der Waals surface area contributed by atoms with Gasteiger partial charge in [-0.05, 0) is 47.7 Å². The largest absolute Gasteiger partial charge is 0.479 e. The molecular weight excluding hydrogens is 392 g/mol. The molecule has 0 heterocycles. The van der Waals surface area contributed by atoms with Gasteiger partial charge in [0.2, 0.25) is 0 Å². The van der Waals surface area contributed by atoms with Crippen molar-refractivity contribution in [2.75, 3.05) is 0 Å². The first-order chi connectivity index (χ1) is 14.1. The van der Waals surface area contributed by atoms with Crippen molar-refractivity contribution in [3.8, 4) is 5.75 Å². The summed E-state index contributed by atoms with van der Waals surface area (Å²) >= 11 is 0. The van der Waals surface area contributed by atoms with Crippen molar-refractivity contribution in [2.45, 2.75) is 113 Å². The second-order valence-electron chi connectivity index (χ2n) is 13.9. The Kier molecular flexibility index (Phi) is 6.51. The number of hydrogen-bond donors (Lipinski definition) is 0. The van der Waals surface area contributed by atoms with Crippen LogP contribution in [0.25, 0.3) is 0 Å². The monoisotopic (exact) mass is 438 g/mol. The second-order valence-corrected chi connectivity index (χ2v) is 13.9. The molecule has 0 atom stereocenters. The Labute approximate surface area is 197 Å². The van der Waals surface area contributed by atoms with Crippen molar-refractivity contribution in [3.63, 3.8) is 0 Å². The molecule has 0 aromatic heterocycles. The van der Waals surface area contributed by atoms with Crippen LogP contribution >= 0.6 is 0 Å². The van der Waals surface area contributed by atoms with Gasteiger partial charge in [-0.15, -0.1) is 0 Å². The Balaban J connectivity index is 2.85. The third-order valence-corrected chi connectivity index (χ3v) is 6.14. The average Bonchev–Trinajstić information content (AvgIpc) is 2.54. The molecule has 2 nitrogen and oxygen atoms in total. The van der Waals surface area contributed by atoms with E-state index in [1.54, 1.807) is 0 Å². The lowest BCUT2D eigenvalue weighted by atomic mass is 9.70. The number of carbonyl (C=O) groups is 1. The zero-order chi connectivity index (χ0) is 25.1. The van der Waals surface area contributed by atoms with Gasteiger partial charge >= 0.3 is 0 Å². The van der Waals surface area contributed by atoms with Crippen LogP contribution in [0.5, 0.6) is 5.75 Å². The summed E-state index contributed by atoms with van der Waals surface area (Å²) in [6.45, 7) is 30.3. The smallest absolute Gasteiger partial charge is 0.185 e. The predicted octanol–water partition coefficient (Wildman–Crippen LogP) is 8.26. The maximum atomic E-state index is 13.5. The van der Waals surface area contributed by atoms with Crippen molar-refractivity contribution in [1.82, 2.24) is 0 Å². The second kappa shape index (κ2) is 7.89. The first-order valence-electron chi connectivity index (χ1n) is 11.9. The van der Waals surface area contributed by atoms with E-state index in [1.807, 2.05) is 0 Å². The minimum atomic E-state index is -0.714. The molecule has 0 radical (unpaired) electrons. The van der Waals surface area contributed by atoms with Crippen molar-refractivity contribution >= 4 is 5.78 Å². The molecule has 2 rings (SSSR count). The molecule has 0 unspecified atom stereocenters. The summed E-state index contributed by atoms with van der Waals surface area (Å²) < 4.78 is 7.01. The van der Waals surface area contributed by atoms with E-state index in [4.69, 9.17) is 4.74 Å². The third-order valence-electron chi connectivity index (χ3n) is 6.14. The molecule has 0 bridgehead atoms. The highest BCUT2D eigenvalue weighted by Gasteiger charge is 2.41. The highest BCUT2D eigenvalue weighted by Crippen LogP contribution is 2.46. The van der Waals surface area contributed by atoms with Crippen LogP contribution in [0.1, 0.15) is 107 Å². The van der Waals surface area contributed by atoms with Crippen LogP contribution in [0.15, 0.2) is 35.4 Å². The Morgan fingerprint density at radius 2 is 1.00 bits per heavy atom. The lowest BCUT2D eigenvalue weighted by Gasteiger charge is -2.40. The van der Waals surface area contributed by atoms with Crippen LogP contribution in [0.4, 0.5) is 0 Å². The van der Waals surface area contributed by atoms with Crippen molar-refractivity contribution < 1.29 is 9.53 Å². The fourth-order valence-corrected chi connectivity index (χ4v) is 4.28. The molecule has 0 N–H and O–H groups in total. The Morgan fingerprint density at radius 3 is 1.28 bits per heavy atom. The first kappa shape index (κ1) is 26.4. The van der Waals surface area contributed by atoms with Gasteiger partial charge in [-0.3, -0.25) is 4.79 Å². The number of ether oxygens (including phenoxy) is 1. The summed E-state index contributed by atoms with van der Waals surface area (Å²) in [5, 5.41) is 0. The van der Waals surface area contributed by atoms with E-state index in [2.05, 4.69) is 121 Å². The lowest BCUT2D eigenvalue weighted by Crippen LogP contribution is -2.39. The van der Waals surface area contributed by atoms with Crippen LogP contribution in [0.3, 0.4) is 0 Å². The third kappa shape index (κ3) is 5.56. The number of hydrogen-bond acceptors (Lipinski definition) is 2. The molecule has 0 saturated heterocycles. The van der Waals surface area contributed by atoms with Crippen LogP contribution in [-0.4, -0.2) is 11.4 Å². The minimum Gasteiger partial charge on any atom is -0.479 e. The van der Waals surface area contributed by atoms with Crippen LogP contribution < -0.4 is 4.74 Å². The lowest BCUT2D eigenvalue weighted by molar-refractivity contribution is -0.114. The minimum absolute atomic E-state index is 0.0741. The molecule has 1 aromatic rings. The summed E-state index contributed by atoms with van der Waals surface area (Å²) in [5.41, 5.74) is 3.92. The molecule has 1 aliphatic rings. The molecule has 0 amide bonds. The Hall–Kier alpha value is -1.83. The van der Waals surface area contributed by atoms with E-state index in [-0.39, 0.29) is 27.4 Å². The van der Waals surface area contributed by atoms with E-state index in [9.17, 15) is 4.79 Å². The predicted molar refractivity (Wildman–Crippen MR) is 138 cm³/mol. The molecule has 32 heavy (non-hydrogen) atoms. The van der Waals surface area contributed by atoms with Gasteiger partial charge in [0, 0.05) is 22.3 Å². The highest BCUT2D eigenvalue weighted by molar-refractivity contribution is 6.11. The van der Waals surface area contributed by atoms with Gasteiger partial charge in [0.15, 0.2) is 5.78 Å². The van der Waals surface area contributed by atoms with Gasteiger partial charge in [0.25, 0.3) is 0 Å². The van der Waals surface area contributed by atoms with Crippen LogP contribution in [-0.2, 0) is 15.6 Å². The first-order valence-corrected chi connectivity index (χ1v) is 11.9. The van der Waals surface area contributed by atoms with E-state index in [0.29, 0.717) is 0 Å². The maximum absolute atomic E-state index is 13.5. The highest BCUT2D eigenvalue weighted by atomic mass is 16.5. The van der Waals surface area contributed by atoms with Crippen molar-refractivity contribution in [2.24, 2.45) is 10.8 Å². The van der Waals surface area contributed by atoms with E-state index in [1.165, 1.54) is 16.7 Å². The number of benzene rings is 1. The van der Waals surface area contributed by atoms with Crippen molar-refractivity contribution in [3.05, 3.63) is 52.1 Å². The summed E-state index contributed by atoms with van der Waals surface area (Å²) in [6.07, 6.45) is 4.12. The van der Waals surface area contributed by atoms with Crippen LogP contribution in [0.2, 0.25) is 0 Å². The van der Waals surface area contributed by atoms with Crippen molar-refractivity contribution in [1.29, 1.82) is 0 Å². The van der Waals surface area contributed by atoms with Crippen LogP contribution in [0, 0.1) is 17.8 Å². The van der Waals surface area contributed by atoms with Gasteiger partial charge in [-0.2, -0.15) is 0 Å². The molecule has 0 saturated carbocycles. The van der Waals surface area contributed by atoms with E-state index in [0.717, 1.165) is 16.9 Å². The average molecular weight is 439 g/mol. The number of rotatable bonds is 2. The summed E-state index contributed by atoms with van der Waals surface area (Å²) in [5.74, 6) is 1.09. The molecule has 0 aliphatic heterocycles. The number of carbonyl (C=O) groups excluding carboxylic acids is 1. The Morgan fingerprint density at radius 1 is 0.656 bits per heavy atom. The number of aryl methyl sites for hydroxylation is 1. The van der Waals surface area contributed by atoms with E-state index < -0.39 is 5.60 Å². The SMILES string of the molecule is Cc1cc(C(C)(C)C)c(OC2(C)C=C(C(C)(C)C)C(=O)C(C(C)(C)C)=C2)c(C(C)(C)C)c1. The number of ketones is 1. The number of Topliss-reactive ketones (excluding diaryl/α,β-unsaturated/α-hetero) is 1. The normalized spacial score (nSPS) is 17.8. The zero-order valence-electron chi connectivity index (χ0n) is 23.1. The Bertz CT molecular complexity index is 889. The van der Waals surface area contributed by atoms with Gasteiger partial charge in [0.05, 0.1) is 0 Å². The summed E-state index contributed by atoms with van der Waals surface area (Å²) in [6, 6.07) is 4.51. The van der Waals surface area contributed by atoms with Gasteiger partial charge < -0.3 is 4.74 Å². The summed E-state index contributed by atoms with van der Waals surface area (Å²) in [4.78, 5) is 13.5. The molecule has 0 spiro atoms. The standard InChI is InChI=1S/C30H46O2/c1-19-15-20(26(2,3)4)25(21(16-19)27(5,6)7)32-30(14)17-22(28(8,9)10)24(31)23(18-30)29(11,12)13/h15-18H,1-14H3. The van der Waals surface area contributed by atoms with Gasteiger partial charge in [0.1, 0.15) is 11.4 Å². The molecule has 1 aromatic carbocycles. The fourth-order valence-electron chi connectivity index (χ4n) is 4.28. The summed E-state index contributed by atoms with van der Waals surface area (Å²) in [7, 11) is 0. The maximum Gasteiger partial charge on any atom is 0.185 e. The van der Waals surface area contributed by atoms with Gasteiger partial charge in [-0.1, -0.05) is 101 Å². The van der Waals surface area contributed by atoms with E-state index >= 15 is 0 Å². The molecule has 2 heteroatoms. The quantitative estimate of drug-likeness (QED) is 0.464. The van der Waals surface area contributed by atoms with Gasteiger partial charge in [-0.25, -0.2) is 0 Å². The fraction of sp³-hybridized carbons (Fsp3) is 0.633. The molecule has 1 aliphatic carbocycles.